The predicted molar refractivity (Wildman–Crippen MR) is 106 cm³/mol. The van der Waals surface area contributed by atoms with Gasteiger partial charge in [0, 0.05) is 23.6 Å². The molecule has 1 saturated heterocycles. The zero-order valence-corrected chi connectivity index (χ0v) is 16.7. The van der Waals surface area contributed by atoms with Crippen molar-refractivity contribution in [1.29, 1.82) is 0 Å². The lowest BCUT2D eigenvalue weighted by atomic mass is 9.81. The molecule has 12 heteroatoms. The Balaban J connectivity index is 1.96. The highest BCUT2D eigenvalue weighted by molar-refractivity contribution is 6.16. The Kier molecular flexibility index (Phi) is 5.78. The Morgan fingerprint density at radius 3 is 2.24 bits per heavy atom. The molecule has 5 atom stereocenters. The third-order valence-corrected chi connectivity index (χ3v) is 5.49. The Labute approximate surface area is 185 Å². The summed E-state index contributed by atoms with van der Waals surface area (Å²) in [4.78, 5) is 24.1. The van der Waals surface area contributed by atoms with Crippen LogP contribution in [0.1, 0.15) is 15.9 Å². The second-order valence-corrected chi connectivity index (χ2v) is 7.55. The van der Waals surface area contributed by atoms with Gasteiger partial charge in [-0.25, -0.2) is 0 Å². The number of ketones is 1. The smallest absolute Gasteiger partial charge is 0.203 e. The zero-order chi connectivity index (χ0) is 24.0. The first-order valence-electron chi connectivity index (χ1n) is 9.66. The number of phenolic OH excluding ortho intramolecular Hbond substituents is 4. The fraction of sp³-hybridized carbons (Fsp3) is 0.286. The molecule has 12 nitrogen and oxygen atoms in total. The summed E-state index contributed by atoms with van der Waals surface area (Å²) < 4.78 is 5.35. The van der Waals surface area contributed by atoms with Gasteiger partial charge in [-0.2, -0.15) is 0 Å². The standard InChI is InChI=1S/C21H20O12/c22-6-9-16(27)18(29)21(30)31-20(9)15-17(28)14-12(26)4-8(23)5-13(14)32-33-19(15)7-1-2-10(24)11(25)3-7/h1-5,9,16,18,20-27,29-30H,6H2/t9-,16+,18-,20-,21-/m1/s1. The third kappa shape index (κ3) is 3.79. The van der Waals surface area contributed by atoms with Crippen molar-refractivity contribution in [3.05, 3.63) is 47.0 Å². The highest BCUT2D eigenvalue weighted by Crippen LogP contribution is 2.43. The van der Waals surface area contributed by atoms with Crippen LogP contribution < -0.4 is 4.89 Å². The molecule has 0 spiro atoms. The number of rotatable bonds is 3. The predicted octanol–water partition coefficient (Wildman–Crippen LogP) is -0.526. The number of fused-ring (bicyclic) bond motifs is 1. The first kappa shape index (κ1) is 22.6. The number of hydrogen-bond acceptors (Lipinski definition) is 12. The maximum Gasteiger partial charge on any atom is 0.203 e. The summed E-state index contributed by atoms with van der Waals surface area (Å²) in [5.74, 6) is -5.33. The van der Waals surface area contributed by atoms with Crippen LogP contribution in [0.5, 0.6) is 28.7 Å². The van der Waals surface area contributed by atoms with Crippen LogP contribution in [0.15, 0.2) is 35.9 Å². The third-order valence-electron chi connectivity index (χ3n) is 5.49. The average Bonchev–Trinajstić information content (AvgIpc) is 2.90. The molecule has 2 heterocycles. The van der Waals surface area contributed by atoms with Gasteiger partial charge in [-0.05, 0) is 18.2 Å². The highest BCUT2D eigenvalue weighted by atomic mass is 17.2. The van der Waals surface area contributed by atoms with Gasteiger partial charge in [-0.15, -0.1) is 0 Å². The lowest BCUT2D eigenvalue weighted by Gasteiger charge is -2.40. The van der Waals surface area contributed by atoms with E-state index in [9.17, 15) is 45.6 Å². The molecule has 4 rings (SSSR count). The van der Waals surface area contributed by atoms with Gasteiger partial charge >= 0.3 is 0 Å². The number of benzene rings is 2. The summed E-state index contributed by atoms with van der Waals surface area (Å²) in [5.41, 5.74) is -0.944. The molecular weight excluding hydrogens is 444 g/mol. The van der Waals surface area contributed by atoms with E-state index in [1.807, 2.05) is 0 Å². The molecule has 0 bridgehead atoms. The number of aliphatic hydroxyl groups is 4. The van der Waals surface area contributed by atoms with Gasteiger partial charge < -0.3 is 45.6 Å². The van der Waals surface area contributed by atoms with E-state index in [0.717, 1.165) is 24.3 Å². The van der Waals surface area contributed by atoms with Gasteiger partial charge in [0.2, 0.25) is 5.78 Å². The van der Waals surface area contributed by atoms with Crippen molar-refractivity contribution in [2.24, 2.45) is 5.92 Å². The summed E-state index contributed by atoms with van der Waals surface area (Å²) in [6.07, 6.45) is -7.07. The van der Waals surface area contributed by atoms with Gasteiger partial charge in [0.25, 0.3) is 0 Å². The molecule has 0 aliphatic carbocycles. The molecule has 0 amide bonds. The average molecular weight is 464 g/mol. The molecule has 8 N–H and O–H groups in total. The number of ether oxygens (including phenoxy) is 1. The van der Waals surface area contributed by atoms with E-state index in [-0.39, 0.29) is 11.3 Å². The number of Topliss-reactive ketones (excluding diaryl/α,β-unsaturated/α-hetero) is 1. The summed E-state index contributed by atoms with van der Waals surface area (Å²) in [7, 11) is 0. The topological polar surface area (TPSA) is 207 Å². The van der Waals surface area contributed by atoms with E-state index >= 15 is 0 Å². The zero-order valence-electron chi connectivity index (χ0n) is 16.7. The number of carbonyl (C=O) groups excluding carboxylic acids is 1. The molecule has 1 fully saturated rings. The fourth-order valence-electron chi connectivity index (χ4n) is 3.80. The minimum absolute atomic E-state index is 0.0273. The van der Waals surface area contributed by atoms with E-state index in [2.05, 4.69) is 0 Å². The first-order chi connectivity index (χ1) is 15.6. The Morgan fingerprint density at radius 1 is 0.848 bits per heavy atom. The summed E-state index contributed by atoms with van der Waals surface area (Å²) in [6.45, 7) is -0.796. The van der Waals surface area contributed by atoms with Crippen LogP contribution in [0.25, 0.3) is 5.76 Å². The van der Waals surface area contributed by atoms with Crippen LogP contribution >= 0.6 is 0 Å². The van der Waals surface area contributed by atoms with Crippen molar-refractivity contribution in [2.45, 2.75) is 24.6 Å². The highest BCUT2D eigenvalue weighted by Gasteiger charge is 2.49. The fourth-order valence-corrected chi connectivity index (χ4v) is 3.80. The van der Waals surface area contributed by atoms with Crippen molar-refractivity contribution in [2.75, 3.05) is 6.61 Å². The molecule has 2 aliphatic rings. The number of phenols is 4. The van der Waals surface area contributed by atoms with Crippen molar-refractivity contribution in [3.63, 3.8) is 0 Å². The molecule has 176 valence electrons. The molecule has 0 saturated carbocycles. The van der Waals surface area contributed by atoms with Gasteiger partial charge in [0.15, 0.2) is 29.3 Å². The number of carbonyl (C=O) groups is 1. The van der Waals surface area contributed by atoms with Gasteiger partial charge in [-0.1, -0.05) is 0 Å². The molecular formula is C21H20O12. The largest absolute Gasteiger partial charge is 0.508 e. The van der Waals surface area contributed by atoms with Gasteiger partial charge in [-0.3, -0.25) is 14.6 Å². The molecule has 0 radical (unpaired) electrons. The lowest BCUT2D eigenvalue weighted by Crippen LogP contribution is -2.56. The molecule has 2 aromatic carbocycles. The Hall–Kier alpha value is -3.55. The lowest BCUT2D eigenvalue weighted by molar-refractivity contribution is -0.263. The van der Waals surface area contributed by atoms with Crippen LogP contribution in [0.2, 0.25) is 0 Å². The van der Waals surface area contributed by atoms with E-state index in [0.29, 0.717) is 0 Å². The Morgan fingerprint density at radius 2 is 1.58 bits per heavy atom. The van der Waals surface area contributed by atoms with Crippen molar-refractivity contribution < 1.29 is 60.2 Å². The molecule has 0 unspecified atom stereocenters. The van der Waals surface area contributed by atoms with Gasteiger partial charge in [0.1, 0.15) is 29.3 Å². The van der Waals surface area contributed by atoms with Crippen molar-refractivity contribution in [1.82, 2.24) is 0 Å². The van der Waals surface area contributed by atoms with Gasteiger partial charge in [0.05, 0.1) is 18.3 Å². The quantitative estimate of drug-likeness (QED) is 0.213. The van der Waals surface area contributed by atoms with Crippen LogP contribution in [0.3, 0.4) is 0 Å². The van der Waals surface area contributed by atoms with Crippen LogP contribution in [-0.4, -0.2) is 77.8 Å². The summed E-state index contributed by atoms with van der Waals surface area (Å²) >= 11 is 0. The number of aromatic hydroxyl groups is 4. The second kappa shape index (κ2) is 8.42. The minimum atomic E-state index is -1.96. The SMILES string of the molecule is O=C1C([C@@H]2O[C@@H](O)[C@H](O)[C@@H](O)[C@H]2CO)=C(c2ccc(O)c(O)c2)OOc2cc(O)cc(O)c21. The maximum absolute atomic E-state index is 13.6. The summed E-state index contributed by atoms with van der Waals surface area (Å²) in [5, 5.41) is 79.9. The van der Waals surface area contributed by atoms with E-state index in [1.165, 1.54) is 6.07 Å². The van der Waals surface area contributed by atoms with E-state index < -0.39 is 82.8 Å². The van der Waals surface area contributed by atoms with Crippen LogP contribution in [0.4, 0.5) is 0 Å². The maximum atomic E-state index is 13.6. The number of hydrogen-bond donors (Lipinski definition) is 8. The molecule has 2 aliphatic heterocycles. The molecule has 2 aromatic rings. The summed E-state index contributed by atoms with van der Waals surface area (Å²) in [6, 6.07) is 5.21. The Bertz CT molecular complexity index is 1130. The number of aliphatic hydroxyl groups excluding tert-OH is 4. The monoisotopic (exact) mass is 464 g/mol. The van der Waals surface area contributed by atoms with Crippen LogP contribution in [-0.2, 0) is 9.62 Å². The van der Waals surface area contributed by atoms with E-state index in [4.69, 9.17) is 14.5 Å². The van der Waals surface area contributed by atoms with Crippen molar-refractivity contribution >= 4 is 11.5 Å². The normalized spacial score (nSPS) is 27.4. The van der Waals surface area contributed by atoms with Crippen molar-refractivity contribution in [3.8, 4) is 28.7 Å². The minimum Gasteiger partial charge on any atom is -0.508 e. The molecule has 33 heavy (non-hydrogen) atoms. The van der Waals surface area contributed by atoms with Crippen LogP contribution in [0, 0.1) is 5.92 Å². The molecule has 0 aromatic heterocycles. The second-order valence-electron chi connectivity index (χ2n) is 7.55. The van der Waals surface area contributed by atoms with E-state index in [1.54, 1.807) is 0 Å². The first-order valence-corrected chi connectivity index (χ1v) is 9.66.